The third-order valence-corrected chi connectivity index (χ3v) is 6.06. The fourth-order valence-corrected chi connectivity index (χ4v) is 4.11. The van der Waals surface area contributed by atoms with Gasteiger partial charge in [0, 0.05) is 5.02 Å². The fraction of sp³-hybridized carbons (Fsp3) is 0.438. The largest absolute Gasteiger partial charge is 0.467 e. The molecular formula is C16H19ClN2O3S2. The summed E-state index contributed by atoms with van der Waals surface area (Å²) in [4.78, 5) is 28.4. The number of esters is 1. The van der Waals surface area contributed by atoms with Gasteiger partial charge in [0.05, 0.1) is 23.1 Å². The second-order valence-corrected chi connectivity index (χ2v) is 8.02. The van der Waals surface area contributed by atoms with Crippen LogP contribution in [0.2, 0.25) is 5.02 Å². The number of fused-ring (bicyclic) bond motifs is 1. The molecule has 0 unspecified atom stereocenters. The van der Waals surface area contributed by atoms with Gasteiger partial charge in [0.25, 0.3) is 0 Å². The maximum Gasteiger partial charge on any atom is 0.328 e. The molecule has 0 aliphatic heterocycles. The van der Waals surface area contributed by atoms with Crippen LogP contribution >= 0.6 is 34.7 Å². The van der Waals surface area contributed by atoms with Gasteiger partial charge in [0.2, 0.25) is 5.91 Å². The standard InChI is InChI=1S/C16H19ClN2O3S2/c1-4-9(2)14(15(21)22-3)19-13(20)8-23-16-18-11-7-10(17)5-6-12(11)24-16/h5-7,9,14H,4,8H2,1-3H3,(H,19,20)/t9-,14-/m0/s1. The van der Waals surface area contributed by atoms with Crippen LogP contribution in [0.3, 0.4) is 0 Å². The van der Waals surface area contributed by atoms with Gasteiger partial charge in [-0.25, -0.2) is 9.78 Å². The molecule has 0 radical (unpaired) electrons. The molecule has 2 atom stereocenters. The lowest BCUT2D eigenvalue weighted by Gasteiger charge is -2.21. The third-order valence-electron chi connectivity index (χ3n) is 3.64. The number of benzene rings is 1. The third kappa shape index (κ3) is 4.84. The lowest BCUT2D eigenvalue weighted by molar-refractivity contribution is -0.146. The van der Waals surface area contributed by atoms with E-state index in [2.05, 4.69) is 10.3 Å². The number of carbonyl (C=O) groups is 2. The first kappa shape index (κ1) is 19.0. The number of aromatic nitrogens is 1. The zero-order valence-electron chi connectivity index (χ0n) is 13.7. The molecule has 2 aromatic rings. The number of thioether (sulfide) groups is 1. The highest BCUT2D eigenvalue weighted by atomic mass is 35.5. The van der Waals surface area contributed by atoms with Gasteiger partial charge in [-0.3, -0.25) is 4.79 Å². The Morgan fingerprint density at radius 3 is 2.88 bits per heavy atom. The van der Waals surface area contributed by atoms with E-state index >= 15 is 0 Å². The molecule has 8 heteroatoms. The van der Waals surface area contributed by atoms with E-state index in [0.717, 1.165) is 21.0 Å². The minimum Gasteiger partial charge on any atom is -0.467 e. The topological polar surface area (TPSA) is 68.3 Å². The van der Waals surface area contributed by atoms with Crippen LogP contribution < -0.4 is 5.32 Å². The first-order valence-corrected chi connectivity index (χ1v) is 9.68. The molecule has 0 saturated heterocycles. The summed E-state index contributed by atoms with van der Waals surface area (Å²) < 4.78 is 6.58. The van der Waals surface area contributed by atoms with E-state index in [0.29, 0.717) is 5.02 Å². The number of halogens is 1. The SMILES string of the molecule is CC[C@H](C)[C@H](NC(=O)CSc1nc2cc(Cl)ccc2s1)C(=O)OC. The molecule has 2 rings (SSSR count). The Kier molecular flexibility index (Phi) is 6.89. The Balaban J connectivity index is 1.96. The average Bonchev–Trinajstić information content (AvgIpc) is 2.98. The molecule has 24 heavy (non-hydrogen) atoms. The summed E-state index contributed by atoms with van der Waals surface area (Å²) in [5.41, 5.74) is 0.822. The van der Waals surface area contributed by atoms with E-state index in [9.17, 15) is 9.59 Å². The summed E-state index contributed by atoms with van der Waals surface area (Å²) in [5, 5.41) is 3.39. The molecule has 0 aliphatic carbocycles. The number of carbonyl (C=O) groups excluding carboxylic acids is 2. The van der Waals surface area contributed by atoms with E-state index < -0.39 is 12.0 Å². The molecule has 5 nitrogen and oxygen atoms in total. The molecule has 0 fully saturated rings. The summed E-state index contributed by atoms with van der Waals surface area (Å²) in [6.45, 7) is 3.88. The molecule has 0 spiro atoms. The number of methoxy groups -OCH3 is 1. The zero-order valence-corrected chi connectivity index (χ0v) is 16.1. The minimum absolute atomic E-state index is 0.0102. The van der Waals surface area contributed by atoms with Crippen LogP contribution in [0.25, 0.3) is 10.2 Å². The molecule has 1 N–H and O–H groups in total. The van der Waals surface area contributed by atoms with Gasteiger partial charge in [-0.05, 0) is 24.1 Å². The molecule has 1 aromatic heterocycles. The molecular weight excluding hydrogens is 368 g/mol. The van der Waals surface area contributed by atoms with Crippen molar-refractivity contribution >= 4 is 56.8 Å². The van der Waals surface area contributed by atoms with Crippen molar-refractivity contribution in [1.82, 2.24) is 10.3 Å². The number of thiazole rings is 1. The molecule has 1 amide bonds. The summed E-state index contributed by atoms with van der Waals surface area (Å²) in [6, 6.07) is 4.90. The van der Waals surface area contributed by atoms with Crippen LogP contribution in [0.15, 0.2) is 22.5 Å². The number of amides is 1. The van der Waals surface area contributed by atoms with Gasteiger partial charge in [-0.15, -0.1) is 11.3 Å². The maximum atomic E-state index is 12.2. The first-order chi connectivity index (χ1) is 11.4. The zero-order chi connectivity index (χ0) is 17.7. The van der Waals surface area contributed by atoms with E-state index in [1.807, 2.05) is 26.0 Å². The second-order valence-electron chi connectivity index (χ2n) is 5.33. The fourth-order valence-electron chi connectivity index (χ4n) is 2.08. The number of nitrogens with zero attached hydrogens (tertiary/aromatic N) is 1. The van der Waals surface area contributed by atoms with Crippen molar-refractivity contribution in [1.29, 1.82) is 0 Å². The Hall–Kier alpha value is -1.31. The van der Waals surface area contributed by atoms with Gasteiger partial charge < -0.3 is 10.1 Å². The highest BCUT2D eigenvalue weighted by molar-refractivity contribution is 8.01. The predicted molar refractivity (Wildman–Crippen MR) is 98.8 cm³/mol. The number of ether oxygens (including phenoxy) is 1. The van der Waals surface area contributed by atoms with Gasteiger partial charge in [-0.2, -0.15) is 0 Å². The maximum absolute atomic E-state index is 12.2. The Labute approximate surface area is 154 Å². The van der Waals surface area contributed by atoms with Gasteiger partial charge >= 0.3 is 5.97 Å². The minimum atomic E-state index is -0.623. The van der Waals surface area contributed by atoms with E-state index in [1.165, 1.54) is 30.2 Å². The highest BCUT2D eigenvalue weighted by Gasteiger charge is 2.26. The van der Waals surface area contributed by atoms with Crippen LogP contribution in [0.1, 0.15) is 20.3 Å². The van der Waals surface area contributed by atoms with Crippen LogP contribution in [-0.2, 0) is 14.3 Å². The van der Waals surface area contributed by atoms with E-state index in [1.54, 1.807) is 6.07 Å². The molecule has 130 valence electrons. The van der Waals surface area contributed by atoms with Crippen LogP contribution in [-0.4, -0.2) is 35.8 Å². The van der Waals surface area contributed by atoms with Crippen molar-refractivity contribution in [2.24, 2.45) is 5.92 Å². The van der Waals surface area contributed by atoms with Crippen molar-refractivity contribution in [2.75, 3.05) is 12.9 Å². The molecule has 0 aliphatic rings. The van der Waals surface area contributed by atoms with Crippen LogP contribution in [0, 0.1) is 5.92 Å². The number of hydrogen-bond donors (Lipinski definition) is 1. The second kappa shape index (κ2) is 8.69. The number of nitrogens with one attached hydrogen (secondary N) is 1. The van der Waals surface area contributed by atoms with Gasteiger partial charge in [-0.1, -0.05) is 43.6 Å². The number of hydrogen-bond acceptors (Lipinski definition) is 6. The Morgan fingerprint density at radius 1 is 1.46 bits per heavy atom. The van der Waals surface area contributed by atoms with Crippen molar-refractivity contribution in [3.8, 4) is 0 Å². The summed E-state index contributed by atoms with van der Waals surface area (Å²) in [6.07, 6.45) is 0.770. The van der Waals surface area contributed by atoms with E-state index in [4.69, 9.17) is 16.3 Å². The Morgan fingerprint density at radius 2 is 2.21 bits per heavy atom. The van der Waals surface area contributed by atoms with Gasteiger partial charge in [0.1, 0.15) is 6.04 Å². The average molecular weight is 387 g/mol. The summed E-state index contributed by atoms with van der Waals surface area (Å²) >= 11 is 8.80. The van der Waals surface area contributed by atoms with Crippen molar-refractivity contribution < 1.29 is 14.3 Å². The lowest BCUT2D eigenvalue weighted by atomic mass is 9.99. The summed E-state index contributed by atoms with van der Waals surface area (Å²) in [7, 11) is 1.32. The van der Waals surface area contributed by atoms with Crippen LogP contribution in [0.4, 0.5) is 0 Å². The van der Waals surface area contributed by atoms with Crippen molar-refractivity contribution in [3.63, 3.8) is 0 Å². The monoisotopic (exact) mass is 386 g/mol. The quantitative estimate of drug-likeness (QED) is 0.579. The molecule has 1 heterocycles. The number of rotatable bonds is 7. The Bertz CT molecular complexity index is 735. The van der Waals surface area contributed by atoms with Crippen LogP contribution in [0.5, 0.6) is 0 Å². The summed E-state index contributed by atoms with van der Waals surface area (Å²) in [5.74, 6) is -0.432. The van der Waals surface area contributed by atoms with Crippen molar-refractivity contribution in [3.05, 3.63) is 23.2 Å². The predicted octanol–water partition coefficient (Wildman–Crippen LogP) is 3.75. The van der Waals surface area contributed by atoms with Crippen molar-refractivity contribution in [2.45, 2.75) is 30.6 Å². The normalized spacial score (nSPS) is 13.5. The smallest absolute Gasteiger partial charge is 0.328 e. The van der Waals surface area contributed by atoms with Gasteiger partial charge in [0.15, 0.2) is 4.34 Å². The lowest BCUT2D eigenvalue weighted by Crippen LogP contribution is -2.46. The molecule has 0 saturated carbocycles. The first-order valence-electron chi connectivity index (χ1n) is 7.50. The molecule has 0 bridgehead atoms. The molecule has 1 aromatic carbocycles. The highest BCUT2D eigenvalue weighted by Crippen LogP contribution is 2.30. The van der Waals surface area contributed by atoms with E-state index in [-0.39, 0.29) is 17.6 Å².